The van der Waals surface area contributed by atoms with Crippen LogP contribution in [-0.4, -0.2) is 49.1 Å². The molecule has 0 aromatic carbocycles. The van der Waals surface area contributed by atoms with Crippen LogP contribution in [0.4, 0.5) is 5.82 Å². The molecule has 2 atom stereocenters. The first-order valence-corrected chi connectivity index (χ1v) is 9.51. The monoisotopic (exact) mass is 358 g/mol. The molecular weight excluding hydrogens is 332 g/mol. The average molecular weight is 358 g/mol. The summed E-state index contributed by atoms with van der Waals surface area (Å²) < 4.78 is 5.36. The number of anilines is 1. The van der Waals surface area contributed by atoms with E-state index in [4.69, 9.17) is 10.5 Å². The lowest BCUT2D eigenvalue weighted by Crippen LogP contribution is -2.45. The second-order valence-corrected chi connectivity index (χ2v) is 7.65. The van der Waals surface area contributed by atoms with E-state index in [1.54, 1.807) is 18.3 Å². The summed E-state index contributed by atoms with van der Waals surface area (Å²) in [6.07, 6.45) is 5.70. The van der Waals surface area contributed by atoms with Gasteiger partial charge in [0, 0.05) is 44.3 Å². The largest absolute Gasteiger partial charge is 0.381 e. The smallest absolute Gasteiger partial charge is 0.252 e. The Morgan fingerprint density at radius 3 is 2.65 bits per heavy atom. The molecule has 1 saturated carbocycles. The molecule has 7 nitrogen and oxygen atoms in total. The maximum Gasteiger partial charge on any atom is 0.252 e. The first-order chi connectivity index (χ1) is 12.6. The number of nitrogens with zero attached hydrogens (tertiary/aromatic N) is 2. The third-order valence-electron chi connectivity index (χ3n) is 5.86. The summed E-state index contributed by atoms with van der Waals surface area (Å²) in [7, 11) is 0. The molecule has 140 valence electrons. The SMILES string of the molecule is NC(=O)c1cccnc1N1C[C@H](NC(=O)C2CCOCC2)[C@@H](C2CC2)C1. The fourth-order valence-corrected chi connectivity index (χ4v) is 4.26. The van der Waals surface area contributed by atoms with Crippen molar-refractivity contribution in [1.29, 1.82) is 0 Å². The molecular formula is C19H26N4O3. The highest BCUT2D eigenvalue weighted by Gasteiger charge is 2.44. The van der Waals surface area contributed by atoms with Crippen LogP contribution in [0.3, 0.4) is 0 Å². The van der Waals surface area contributed by atoms with E-state index in [1.165, 1.54) is 12.8 Å². The number of hydrogen-bond acceptors (Lipinski definition) is 5. The minimum absolute atomic E-state index is 0.0497. The van der Waals surface area contributed by atoms with Crippen molar-refractivity contribution in [3.8, 4) is 0 Å². The predicted octanol–water partition coefficient (Wildman–Crippen LogP) is 0.938. The third kappa shape index (κ3) is 3.53. The molecule has 1 aliphatic carbocycles. The van der Waals surface area contributed by atoms with E-state index in [0.717, 1.165) is 19.4 Å². The van der Waals surface area contributed by atoms with E-state index in [2.05, 4.69) is 15.2 Å². The van der Waals surface area contributed by atoms with Crippen LogP contribution in [0.1, 0.15) is 36.0 Å². The Kier molecular flexibility index (Phi) is 4.80. The van der Waals surface area contributed by atoms with Gasteiger partial charge in [-0.05, 0) is 43.7 Å². The quantitative estimate of drug-likeness (QED) is 0.816. The minimum atomic E-state index is -0.467. The first kappa shape index (κ1) is 17.3. The lowest BCUT2D eigenvalue weighted by atomic mass is 9.95. The molecule has 0 radical (unpaired) electrons. The van der Waals surface area contributed by atoms with Gasteiger partial charge in [0.15, 0.2) is 0 Å². The van der Waals surface area contributed by atoms with Crippen LogP contribution in [0, 0.1) is 17.8 Å². The van der Waals surface area contributed by atoms with Crippen LogP contribution < -0.4 is 16.0 Å². The van der Waals surface area contributed by atoms with Crippen molar-refractivity contribution in [2.24, 2.45) is 23.5 Å². The lowest BCUT2D eigenvalue weighted by molar-refractivity contribution is -0.128. The van der Waals surface area contributed by atoms with Gasteiger partial charge >= 0.3 is 0 Å². The van der Waals surface area contributed by atoms with Gasteiger partial charge in [-0.25, -0.2) is 4.98 Å². The fourth-order valence-electron chi connectivity index (χ4n) is 4.26. The molecule has 3 N–H and O–H groups in total. The molecule has 0 spiro atoms. The summed E-state index contributed by atoms with van der Waals surface area (Å²) >= 11 is 0. The number of primary amides is 1. The minimum Gasteiger partial charge on any atom is -0.381 e. The second-order valence-electron chi connectivity index (χ2n) is 7.65. The normalized spacial score (nSPS) is 26.7. The number of nitrogens with one attached hydrogen (secondary N) is 1. The molecule has 1 aromatic rings. The van der Waals surface area contributed by atoms with E-state index in [-0.39, 0.29) is 17.9 Å². The Bertz CT molecular complexity index is 685. The molecule has 0 unspecified atom stereocenters. The van der Waals surface area contributed by atoms with E-state index in [0.29, 0.717) is 43.0 Å². The maximum atomic E-state index is 12.7. The molecule has 1 aromatic heterocycles. The molecule has 3 aliphatic rings. The second kappa shape index (κ2) is 7.23. The number of nitrogens with two attached hydrogens (primary N) is 1. The third-order valence-corrected chi connectivity index (χ3v) is 5.86. The van der Waals surface area contributed by atoms with Gasteiger partial charge in [-0.15, -0.1) is 0 Å². The van der Waals surface area contributed by atoms with Crippen molar-refractivity contribution in [3.05, 3.63) is 23.9 Å². The number of pyridine rings is 1. The Labute approximate surface area is 153 Å². The predicted molar refractivity (Wildman–Crippen MR) is 96.7 cm³/mol. The molecule has 4 rings (SSSR count). The topological polar surface area (TPSA) is 97.5 Å². The highest BCUT2D eigenvalue weighted by molar-refractivity contribution is 5.97. The summed E-state index contributed by atoms with van der Waals surface area (Å²) in [5.41, 5.74) is 5.96. The maximum absolute atomic E-state index is 12.7. The number of amides is 2. The van der Waals surface area contributed by atoms with Gasteiger partial charge in [0.1, 0.15) is 5.82 Å². The van der Waals surface area contributed by atoms with Crippen LogP contribution in [0.5, 0.6) is 0 Å². The van der Waals surface area contributed by atoms with Crippen LogP contribution in [0.2, 0.25) is 0 Å². The standard InChI is InChI=1S/C19H26N4O3/c20-17(24)14-2-1-7-21-18(14)23-10-15(12-3-4-12)16(11-23)22-19(25)13-5-8-26-9-6-13/h1-2,7,12-13,15-16H,3-6,8-11H2,(H2,20,24)(H,22,25)/t15-,16+/m1/s1. The van der Waals surface area contributed by atoms with Gasteiger partial charge in [-0.3, -0.25) is 9.59 Å². The van der Waals surface area contributed by atoms with E-state index < -0.39 is 5.91 Å². The van der Waals surface area contributed by atoms with Crippen molar-refractivity contribution in [1.82, 2.24) is 10.3 Å². The summed E-state index contributed by atoms with van der Waals surface area (Å²) in [6.45, 7) is 2.81. The van der Waals surface area contributed by atoms with Crippen molar-refractivity contribution in [2.45, 2.75) is 31.7 Å². The van der Waals surface area contributed by atoms with Gasteiger partial charge < -0.3 is 20.7 Å². The van der Waals surface area contributed by atoms with Crippen LogP contribution >= 0.6 is 0 Å². The van der Waals surface area contributed by atoms with Crippen molar-refractivity contribution in [2.75, 3.05) is 31.2 Å². The number of carbonyl (C=O) groups is 2. The van der Waals surface area contributed by atoms with Gasteiger partial charge in [-0.1, -0.05) is 0 Å². The van der Waals surface area contributed by atoms with Gasteiger partial charge in [-0.2, -0.15) is 0 Å². The van der Waals surface area contributed by atoms with E-state index in [9.17, 15) is 9.59 Å². The number of ether oxygens (including phenoxy) is 1. The summed E-state index contributed by atoms with van der Waals surface area (Å²) in [5, 5.41) is 3.29. The number of carbonyl (C=O) groups excluding carboxylic acids is 2. The van der Waals surface area contributed by atoms with E-state index in [1.807, 2.05) is 0 Å². The molecule has 3 heterocycles. The summed E-state index contributed by atoms with van der Waals surface area (Å²) in [4.78, 5) is 30.9. The van der Waals surface area contributed by atoms with Gasteiger partial charge in [0.05, 0.1) is 11.6 Å². The molecule has 3 fully saturated rings. The van der Waals surface area contributed by atoms with E-state index >= 15 is 0 Å². The first-order valence-electron chi connectivity index (χ1n) is 9.51. The van der Waals surface area contributed by atoms with Crippen LogP contribution in [0.15, 0.2) is 18.3 Å². The van der Waals surface area contributed by atoms with Crippen LogP contribution in [0.25, 0.3) is 0 Å². The average Bonchev–Trinajstić information content (AvgIpc) is 3.43. The van der Waals surface area contributed by atoms with Crippen molar-refractivity contribution >= 4 is 17.6 Å². The summed E-state index contributed by atoms with van der Waals surface area (Å²) in [5.74, 6) is 1.41. The number of aromatic nitrogens is 1. The highest BCUT2D eigenvalue weighted by atomic mass is 16.5. The van der Waals surface area contributed by atoms with Crippen molar-refractivity contribution in [3.63, 3.8) is 0 Å². The molecule has 2 aliphatic heterocycles. The van der Waals surface area contributed by atoms with Crippen LogP contribution in [-0.2, 0) is 9.53 Å². The lowest BCUT2D eigenvalue weighted by Gasteiger charge is -2.25. The zero-order valence-corrected chi connectivity index (χ0v) is 14.9. The molecule has 0 bridgehead atoms. The van der Waals surface area contributed by atoms with Gasteiger partial charge in [0.25, 0.3) is 5.91 Å². The molecule has 2 amide bonds. The highest BCUT2D eigenvalue weighted by Crippen LogP contribution is 2.42. The zero-order chi connectivity index (χ0) is 18.1. The summed E-state index contributed by atoms with van der Waals surface area (Å²) in [6, 6.07) is 3.54. The molecule has 26 heavy (non-hydrogen) atoms. The molecule has 2 saturated heterocycles. The zero-order valence-electron chi connectivity index (χ0n) is 14.9. The van der Waals surface area contributed by atoms with Gasteiger partial charge in [0.2, 0.25) is 5.91 Å². The molecule has 7 heteroatoms. The Morgan fingerprint density at radius 2 is 1.96 bits per heavy atom. The fraction of sp³-hybridized carbons (Fsp3) is 0.632. The number of rotatable bonds is 5. The Hall–Kier alpha value is -2.15. The Morgan fingerprint density at radius 1 is 1.19 bits per heavy atom. The number of hydrogen-bond donors (Lipinski definition) is 2. The van der Waals surface area contributed by atoms with Crippen molar-refractivity contribution < 1.29 is 14.3 Å². The Balaban J connectivity index is 1.49.